The third kappa shape index (κ3) is 3.56. The molecule has 0 fully saturated rings. The molecule has 0 spiro atoms. The molecule has 0 saturated carbocycles. The Morgan fingerprint density at radius 3 is 2.76 bits per heavy atom. The Labute approximate surface area is 147 Å². The lowest BCUT2D eigenvalue weighted by molar-refractivity contribution is 0.273. The van der Waals surface area contributed by atoms with Gasteiger partial charge in [-0.1, -0.05) is 30.4 Å². The van der Waals surface area contributed by atoms with E-state index in [-0.39, 0.29) is 0 Å². The fourth-order valence-electron chi connectivity index (χ4n) is 3.37. The molecule has 128 valence electrons. The monoisotopic (exact) mass is 333 g/mol. The lowest BCUT2D eigenvalue weighted by Gasteiger charge is -2.17. The van der Waals surface area contributed by atoms with Gasteiger partial charge in [-0.2, -0.15) is 0 Å². The number of benzene rings is 1. The summed E-state index contributed by atoms with van der Waals surface area (Å²) in [6.45, 7) is 6.19. The summed E-state index contributed by atoms with van der Waals surface area (Å²) >= 11 is 0. The van der Waals surface area contributed by atoms with Crippen molar-refractivity contribution in [1.29, 1.82) is 0 Å². The van der Waals surface area contributed by atoms with E-state index in [9.17, 15) is 0 Å². The molecule has 0 atom stereocenters. The van der Waals surface area contributed by atoms with Crippen LogP contribution in [-0.4, -0.2) is 31.4 Å². The molecule has 25 heavy (non-hydrogen) atoms. The van der Waals surface area contributed by atoms with Crippen molar-refractivity contribution in [1.82, 2.24) is 24.8 Å². The molecule has 5 heteroatoms. The first kappa shape index (κ1) is 15.8. The van der Waals surface area contributed by atoms with Gasteiger partial charge in [-0.25, -0.2) is 9.97 Å². The highest BCUT2D eigenvalue weighted by Gasteiger charge is 2.14. The average Bonchev–Trinajstić information content (AvgIpc) is 3.12. The lowest BCUT2D eigenvalue weighted by atomic mass is 10.2. The summed E-state index contributed by atoms with van der Waals surface area (Å²) in [5.41, 5.74) is 4.55. The molecule has 2 aromatic heterocycles. The summed E-state index contributed by atoms with van der Waals surface area (Å²) in [5, 5.41) is 0. The third-order valence-corrected chi connectivity index (χ3v) is 4.52. The standard InChI is InChI=1S/C20H23N5/c1-2-12-25(14-20-23-17-10-6-7-11-18(17)24-20)13-19-21-15-8-4-3-5-9-16(15)22-19/h2-4,6-7,10-11H,1,5,8-9,12-14H2,(H,21,22)(H,23,24). The molecule has 0 aliphatic heterocycles. The van der Waals surface area contributed by atoms with Crippen LogP contribution in [0.5, 0.6) is 0 Å². The molecule has 2 N–H and O–H groups in total. The van der Waals surface area contributed by atoms with Crippen molar-refractivity contribution in [3.05, 3.63) is 72.1 Å². The van der Waals surface area contributed by atoms with Gasteiger partial charge in [0.05, 0.1) is 29.8 Å². The van der Waals surface area contributed by atoms with E-state index in [1.165, 1.54) is 11.4 Å². The summed E-state index contributed by atoms with van der Waals surface area (Å²) < 4.78 is 0. The molecule has 0 amide bonds. The number of para-hydroxylation sites is 2. The first-order chi connectivity index (χ1) is 12.3. The van der Waals surface area contributed by atoms with E-state index < -0.39 is 0 Å². The Balaban J connectivity index is 1.51. The fourth-order valence-corrected chi connectivity index (χ4v) is 3.37. The second-order valence-corrected chi connectivity index (χ2v) is 6.48. The summed E-state index contributed by atoms with van der Waals surface area (Å²) in [6, 6.07) is 8.13. The molecule has 0 bridgehead atoms. The molecule has 0 radical (unpaired) electrons. The molecule has 0 saturated heterocycles. The molecular formula is C20H23N5. The Bertz CT molecular complexity index is 869. The van der Waals surface area contributed by atoms with Crippen LogP contribution in [0.15, 0.2) is 49.1 Å². The van der Waals surface area contributed by atoms with Gasteiger partial charge < -0.3 is 9.97 Å². The van der Waals surface area contributed by atoms with Crippen LogP contribution in [0.3, 0.4) is 0 Å². The molecule has 1 aromatic carbocycles. The Morgan fingerprint density at radius 2 is 1.92 bits per heavy atom. The molecule has 1 aliphatic rings. The number of aryl methyl sites for hydroxylation is 1. The molecule has 0 unspecified atom stereocenters. The van der Waals surface area contributed by atoms with Gasteiger partial charge in [0.15, 0.2) is 0 Å². The van der Waals surface area contributed by atoms with Crippen LogP contribution in [0.25, 0.3) is 11.0 Å². The number of imidazole rings is 2. The van der Waals surface area contributed by atoms with Crippen LogP contribution < -0.4 is 0 Å². The van der Waals surface area contributed by atoms with Gasteiger partial charge in [-0.3, -0.25) is 4.90 Å². The molecule has 3 aromatic rings. The van der Waals surface area contributed by atoms with E-state index in [1.807, 2.05) is 24.3 Å². The van der Waals surface area contributed by atoms with Crippen LogP contribution in [0, 0.1) is 0 Å². The van der Waals surface area contributed by atoms with Gasteiger partial charge in [0.1, 0.15) is 11.6 Å². The van der Waals surface area contributed by atoms with Crippen molar-refractivity contribution in [2.45, 2.75) is 32.4 Å². The van der Waals surface area contributed by atoms with Gasteiger partial charge in [0.25, 0.3) is 0 Å². The van der Waals surface area contributed by atoms with Crippen molar-refractivity contribution in [3.63, 3.8) is 0 Å². The van der Waals surface area contributed by atoms with E-state index in [4.69, 9.17) is 4.98 Å². The Morgan fingerprint density at radius 1 is 1.08 bits per heavy atom. The van der Waals surface area contributed by atoms with Crippen LogP contribution >= 0.6 is 0 Å². The predicted molar refractivity (Wildman–Crippen MR) is 100 cm³/mol. The molecular weight excluding hydrogens is 310 g/mol. The maximum Gasteiger partial charge on any atom is 0.121 e. The SMILES string of the molecule is C=CCN(Cc1nc2c([nH]1)CC=CCC2)Cc1nc2ccccc2[nH]1. The van der Waals surface area contributed by atoms with Crippen molar-refractivity contribution < 1.29 is 0 Å². The van der Waals surface area contributed by atoms with Crippen molar-refractivity contribution in [2.24, 2.45) is 0 Å². The number of allylic oxidation sites excluding steroid dienone is 2. The average molecular weight is 333 g/mol. The van der Waals surface area contributed by atoms with Gasteiger partial charge in [-0.05, 0) is 25.0 Å². The summed E-state index contributed by atoms with van der Waals surface area (Å²) in [6.07, 6.45) is 9.44. The summed E-state index contributed by atoms with van der Waals surface area (Å²) in [5.74, 6) is 2.00. The van der Waals surface area contributed by atoms with Gasteiger partial charge in [-0.15, -0.1) is 6.58 Å². The van der Waals surface area contributed by atoms with E-state index in [1.54, 1.807) is 0 Å². The summed E-state index contributed by atoms with van der Waals surface area (Å²) in [4.78, 5) is 18.7. The Hall–Kier alpha value is -2.66. The Kier molecular flexibility index (Phi) is 4.48. The van der Waals surface area contributed by atoms with Gasteiger partial charge in [0.2, 0.25) is 0 Å². The number of hydrogen-bond donors (Lipinski definition) is 2. The number of rotatable bonds is 6. The quantitative estimate of drug-likeness (QED) is 0.679. The second kappa shape index (κ2) is 7.07. The first-order valence-corrected chi connectivity index (χ1v) is 8.80. The van der Waals surface area contributed by atoms with Gasteiger partial charge in [0, 0.05) is 18.7 Å². The van der Waals surface area contributed by atoms with Crippen molar-refractivity contribution in [2.75, 3.05) is 6.54 Å². The minimum atomic E-state index is 0.742. The highest BCUT2D eigenvalue weighted by atomic mass is 15.2. The number of nitrogens with one attached hydrogen (secondary N) is 2. The molecule has 4 rings (SSSR count). The van der Waals surface area contributed by atoms with E-state index >= 15 is 0 Å². The predicted octanol–water partition coefficient (Wildman–Crippen LogP) is 3.52. The maximum absolute atomic E-state index is 4.82. The normalized spacial score (nSPS) is 14.0. The molecule has 5 nitrogen and oxygen atoms in total. The number of aromatic amines is 2. The number of aromatic nitrogens is 4. The fraction of sp³-hybridized carbons (Fsp3) is 0.300. The number of H-pyrrole nitrogens is 2. The van der Waals surface area contributed by atoms with E-state index in [0.29, 0.717) is 0 Å². The first-order valence-electron chi connectivity index (χ1n) is 8.80. The largest absolute Gasteiger partial charge is 0.344 e. The minimum Gasteiger partial charge on any atom is -0.344 e. The highest BCUT2D eigenvalue weighted by molar-refractivity contribution is 5.74. The van der Waals surface area contributed by atoms with Crippen LogP contribution in [0.2, 0.25) is 0 Å². The zero-order valence-electron chi connectivity index (χ0n) is 14.3. The number of nitrogens with zero attached hydrogens (tertiary/aromatic N) is 3. The zero-order chi connectivity index (χ0) is 17.1. The zero-order valence-corrected chi connectivity index (χ0v) is 14.3. The second-order valence-electron chi connectivity index (χ2n) is 6.48. The molecule has 1 aliphatic carbocycles. The van der Waals surface area contributed by atoms with Crippen LogP contribution in [-0.2, 0) is 25.9 Å². The van der Waals surface area contributed by atoms with Crippen LogP contribution in [0.1, 0.15) is 29.5 Å². The minimum absolute atomic E-state index is 0.742. The number of hydrogen-bond acceptors (Lipinski definition) is 3. The number of fused-ring (bicyclic) bond motifs is 2. The third-order valence-electron chi connectivity index (χ3n) is 4.52. The summed E-state index contributed by atoms with van der Waals surface area (Å²) in [7, 11) is 0. The topological polar surface area (TPSA) is 60.6 Å². The lowest BCUT2D eigenvalue weighted by Crippen LogP contribution is -2.24. The maximum atomic E-state index is 4.82. The van der Waals surface area contributed by atoms with Crippen LogP contribution in [0.4, 0.5) is 0 Å². The van der Waals surface area contributed by atoms with E-state index in [2.05, 4.69) is 44.6 Å². The van der Waals surface area contributed by atoms with Crippen molar-refractivity contribution >= 4 is 11.0 Å². The van der Waals surface area contributed by atoms with E-state index in [0.717, 1.165) is 61.6 Å². The molecule has 2 heterocycles. The smallest absolute Gasteiger partial charge is 0.121 e. The van der Waals surface area contributed by atoms with Gasteiger partial charge >= 0.3 is 0 Å². The highest BCUT2D eigenvalue weighted by Crippen LogP contribution is 2.17. The van der Waals surface area contributed by atoms with Crippen molar-refractivity contribution in [3.8, 4) is 0 Å².